The molecule has 0 aliphatic carbocycles. The molecule has 3 rings (SSSR count). The zero-order valence-corrected chi connectivity index (χ0v) is 25.5. The van der Waals surface area contributed by atoms with Crippen molar-refractivity contribution in [3.63, 3.8) is 0 Å². The maximum absolute atomic E-state index is 13.4. The number of aryl methyl sites for hydroxylation is 1. The minimum absolute atomic E-state index is 0.101. The van der Waals surface area contributed by atoms with Crippen LogP contribution in [0, 0.1) is 18.8 Å². The first-order valence-corrected chi connectivity index (χ1v) is 14.1. The molecule has 3 aromatic rings. The van der Waals surface area contributed by atoms with Crippen LogP contribution in [-0.4, -0.2) is 48.1 Å². The van der Waals surface area contributed by atoms with Gasteiger partial charge in [-0.05, 0) is 72.9 Å². The van der Waals surface area contributed by atoms with Crippen LogP contribution in [0.1, 0.15) is 50.3 Å². The van der Waals surface area contributed by atoms with E-state index in [9.17, 15) is 24.3 Å². The summed E-state index contributed by atoms with van der Waals surface area (Å²) in [6.07, 6.45) is 1.53. The Morgan fingerprint density at radius 2 is 1.52 bits per heavy atom. The van der Waals surface area contributed by atoms with E-state index < -0.39 is 29.9 Å². The molecule has 2 aromatic carbocycles. The van der Waals surface area contributed by atoms with E-state index in [4.69, 9.17) is 9.47 Å². The summed E-state index contributed by atoms with van der Waals surface area (Å²) < 4.78 is 10.6. The SMILES string of the molecule is COc1ccc(C(CC(=O)O)NC(=O)C(CC(=O)Nc2ccc(NC(=O)Nc3ncccc3C)cc2)CC(C)C)cc1OC. The lowest BCUT2D eigenvalue weighted by Crippen LogP contribution is -2.37. The van der Waals surface area contributed by atoms with Crippen LogP contribution in [0.2, 0.25) is 0 Å². The normalized spacial score (nSPS) is 12.0. The number of hydrogen-bond donors (Lipinski definition) is 5. The Hall–Kier alpha value is -5.13. The van der Waals surface area contributed by atoms with E-state index in [1.807, 2.05) is 26.8 Å². The zero-order valence-electron chi connectivity index (χ0n) is 25.5. The molecule has 234 valence electrons. The molecule has 0 aliphatic rings. The third-order valence-corrected chi connectivity index (χ3v) is 6.73. The van der Waals surface area contributed by atoms with Gasteiger partial charge in [-0.15, -0.1) is 0 Å². The van der Waals surface area contributed by atoms with Crippen molar-refractivity contribution in [1.29, 1.82) is 0 Å². The van der Waals surface area contributed by atoms with E-state index in [-0.39, 0.29) is 24.7 Å². The van der Waals surface area contributed by atoms with Gasteiger partial charge in [0.2, 0.25) is 11.8 Å². The third-order valence-electron chi connectivity index (χ3n) is 6.73. The van der Waals surface area contributed by atoms with Gasteiger partial charge in [0.05, 0.1) is 26.7 Å². The number of hydrogen-bond acceptors (Lipinski definition) is 7. The fourth-order valence-corrected chi connectivity index (χ4v) is 4.60. The van der Waals surface area contributed by atoms with Gasteiger partial charge in [-0.2, -0.15) is 0 Å². The van der Waals surface area contributed by atoms with E-state index in [2.05, 4.69) is 26.3 Å². The molecule has 5 N–H and O–H groups in total. The van der Waals surface area contributed by atoms with Crippen molar-refractivity contribution in [2.24, 2.45) is 11.8 Å². The largest absolute Gasteiger partial charge is 0.493 e. The van der Waals surface area contributed by atoms with Gasteiger partial charge < -0.3 is 30.5 Å². The molecule has 2 unspecified atom stereocenters. The van der Waals surface area contributed by atoms with Gasteiger partial charge in [0, 0.05) is 29.9 Å². The second-order valence-electron chi connectivity index (χ2n) is 10.7. The summed E-state index contributed by atoms with van der Waals surface area (Å²) in [6, 6.07) is 13.8. The number of carboxylic acid groups (broad SMARTS) is 1. The van der Waals surface area contributed by atoms with Gasteiger partial charge in [-0.3, -0.25) is 19.7 Å². The topological polar surface area (TPSA) is 168 Å². The Balaban J connectivity index is 1.64. The molecule has 1 aromatic heterocycles. The van der Waals surface area contributed by atoms with Gasteiger partial charge in [-0.1, -0.05) is 26.0 Å². The highest BCUT2D eigenvalue weighted by Gasteiger charge is 2.27. The van der Waals surface area contributed by atoms with Gasteiger partial charge in [0.15, 0.2) is 11.5 Å². The second kappa shape index (κ2) is 15.9. The molecular weight excluding hydrogens is 566 g/mol. The highest BCUT2D eigenvalue weighted by molar-refractivity contribution is 6.00. The number of methoxy groups -OCH3 is 2. The summed E-state index contributed by atoms with van der Waals surface area (Å²) in [7, 11) is 2.96. The number of nitrogens with zero attached hydrogens (tertiary/aromatic N) is 1. The summed E-state index contributed by atoms with van der Waals surface area (Å²) in [5, 5.41) is 20.5. The Kier molecular flexibility index (Phi) is 12.1. The average Bonchev–Trinajstić information content (AvgIpc) is 2.97. The molecule has 0 spiro atoms. The average molecular weight is 606 g/mol. The van der Waals surface area contributed by atoms with Gasteiger partial charge >= 0.3 is 12.0 Å². The highest BCUT2D eigenvalue weighted by atomic mass is 16.5. The number of ether oxygens (including phenoxy) is 2. The van der Waals surface area contributed by atoms with Crippen LogP contribution in [0.5, 0.6) is 11.5 Å². The Bertz CT molecular complexity index is 1460. The predicted octanol–water partition coefficient (Wildman–Crippen LogP) is 5.37. The van der Waals surface area contributed by atoms with Crippen molar-refractivity contribution in [2.75, 3.05) is 30.2 Å². The first kappa shape index (κ1) is 33.4. The van der Waals surface area contributed by atoms with E-state index in [1.54, 1.807) is 54.7 Å². The van der Waals surface area contributed by atoms with E-state index in [1.165, 1.54) is 14.2 Å². The Morgan fingerprint density at radius 1 is 0.864 bits per heavy atom. The molecule has 0 saturated heterocycles. The molecule has 2 atom stereocenters. The standard InChI is InChI=1S/C32H39N5O7/c1-19(2)15-22(31(41)36-25(18-29(39)40)21-8-13-26(43-4)27(16-21)44-5)17-28(38)34-23-9-11-24(12-10-23)35-32(42)37-30-20(3)7-6-14-33-30/h6-14,16,19,22,25H,15,17-18H2,1-5H3,(H,34,38)(H,36,41)(H,39,40)(H2,33,35,37,42). The Labute approximate surface area is 256 Å². The number of aromatic nitrogens is 1. The number of benzene rings is 2. The van der Waals surface area contributed by atoms with Crippen LogP contribution in [0.3, 0.4) is 0 Å². The molecule has 0 bridgehead atoms. The molecule has 1 heterocycles. The van der Waals surface area contributed by atoms with Crippen molar-refractivity contribution in [1.82, 2.24) is 10.3 Å². The van der Waals surface area contributed by atoms with Crippen molar-refractivity contribution in [2.45, 2.75) is 46.1 Å². The molecular formula is C32H39N5O7. The number of aliphatic carboxylic acids is 1. The summed E-state index contributed by atoms with van der Waals surface area (Å²) >= 11 is 0. The number of pyridine rings is 1. The van der Waals surface area contributed by atoms with Crippen molar-refractivity contribution >= 4 is 41.0 Å². The van der Waals surface area contributed by atoms with Crippen LogP contribution in [-0.2, 0) is 14.4 Å². The lowest BCUT2D eigenvalue weighted by molar-refractivity contribution is -0.138. The highest BCUT2D eigenvalue weighted by Crippen LogP contribution is 2.31. The minimum atomic E-state index is -1.09. The van der Waals surface area contributed by atoms with Crippen molar-refractivity contribution < 1.29 is 33.8 Å². The van der Waals surface area contributed by atoms with Gasteiger partial charge in [0.1, 0.15) is 5.82 Å². The molecule has 12 heteroatoms. The predicted molar refractivity (Wildman–Crippen MR) is 167 cm³/mol. The maximum atomic E-state index is 13.4. The quantitative estimate of drug-likeness (QED) is 0.163. The van der Waals surface area contributed by atoms with E-state index in [0.717, 1.165) is 5.56 Å². The van der Waals surface area contributed by atoms with Gasteiger partial charge in [0.25, 0.3) is 0 Å². The molecule has 0 aliphatic heterocycles. The zero-order chi connectivity index (χ0) is 32.2. The number of urea groups is 1. The third kappa shape index (κ3) is 10.0. The molecule has 4 amide bonds. The lowest BCUT2D eigenvalue weighted by atomic mass is 9.92. The first-order chi connectivity index (χ1) is 21.0. The minimum Gasteiger partial charge on any atom is -0.493 e. The first-order valence-electron chi connectivity index (χ1n) is 14.1. The van der Waals surface area contributed by atoms with Crippen LogP contribution < -0.4 is 30.7 Å². The number of carboxylic acids is 1. The smallest absolute Gasteiger partial charge is 0.324 e. The lowest BCUT2D eigenvalue weighted by Gasteiger charge is -2.24. The molecule has 0 radical (unpaired) electrons. The molecule has 0 fully saturated rings. The van der Waals surface area contributed by atoms with Crippen LogP contribution in [0.25, 0.3) is 0 Å². The summed E-state index contributed by atoms with van der Waals surface area (Å²) in [6.45, 7) is 5.72. The summed E-state index contributed by atoms with van der Waals surface area (Å²) in [4.78, 5) is 54.5. The van der Waals surface area contributed by atoms with Gasteiger partial charge in [-0.25, -0.2) is 9.78 Å². The Morgan fingerprint density at radius 3 is 2.11 bits per heavy atom. The van der Waals surface area contributed by atoms with E-state index >= 15 is 0 Å². The number of amides is 4. The fourth-order valence-electron chi connectivity index (χ4n) is 4.60. The number of carbonyl (C=O) groups excluding carboxylic acids is 3. The second-order valence-corrected chi connectivity index (χ2v) is 10.7. The van der Waals surface area contributed by atoms with E-state index in [0.29, 0.717) is 40.7 Å². The van der Waals surface area contributed by atoms with Crippen LogP contribution in [0.4, 0.5) is 22.0 Å². The van der Waals surface area contributed by atoms with Crippen molar-refractivity contribution in [3.8, 4) is 11.5 Å². The monoisotopic (exact) mass is 605 g/mol. The van der Waals surface area contributed by atoms with Crippen LogP contribution in [0.15, 0.2) is 60.8 Å². The number of carbonyl (C=O) groups is 4. The summed E-state index contributed by atoms with van der Waals surface area (Å²) in [5.74, 6) is -1.18. The fraction of sp³-hybridized carbons (Fsp3) is 0.344. The molecule has 0 saturated carbocycles. The van der Waals surface area contributed by atoms with Crippen LogP contribution >= 0.6 is 0 Å². The summed E-state index contributed by atoms with van der Waals surface area (Å²) in [5.41, 5.74) is 2.34. The maximum Gasteiger partial charge on any atom is 0.324 e. The number of rotatable bonds is 14. The van der Waals surface area contributed by atoms with Crippen molar-refractivity contribution in [3.05, 3.63) is 71.9 Å². The number of nitrogens with one attached hydrogen (secondary N) is 4. The molecule has 12 nitrogen and oxygen atoms in total. The number of anilines is 3. The molecule has 44 heavy (non-hydrogen) atoms.